The van der Waals surface area contributed by atoms with Crippen LogP contribution in [-0.4, -0.2) is 43.9 Å². The Morgan fingerprint density at radius 2 is 2.08 bits per heavy atom. The van der Waals surface area contributed by atoms with E-state index in [1.165, 1.54) is 6.92 Å². The maximum atomic E-state index is 10.8. The Labute approximate surface area is 78.8 Å². The van der Waals surface area contributed by atoms with Crippen LogP contribution in [0.1, 0.15) is 13.8 Å². The second-order valence-electron chi connectivity index (χ2n) is 3.03. The van der Waals surface area contributed by atoms with Gasteiger partial charge < -0.3 is 14.6 Å². The van der Waals surface area contributed by atoms with E-state index in [-0.39, 0.29) is 18.3 Å². The van der Waals surface area contributed by atoms with Crippen LogP contribution in [0.5, 0.6) is 0 Å². The number of Topliss-reactive ketones (excluding diaryl/α,β-unsaturated/α-hetero) is 1. The average Bonchev–Trinajstić information content (AvgIpc) is 2.10. The fraction of sp³-hybridized carbons (Fsp3) is 0.889. The van der Waals surface area contributed by atoms with Crippen molar-refractivity contribution in [3.63, 3.8) is 0 Å². The van der Waals surface area contributed by atoms with Gasteiger partial charge in [-0.2, -0.15) is 0 Å². The summed E-state index contributed by atoms with van der Waals surface area (Å²) in [5, 5.41) is 9.40. The van der Waals surface area contributed by atoms with Gasteiger partial charge in [-0.25, -0.2) is 0 Å². The van der Waals surface area contributed by atoms with Crippen LogP contribution in [0.15, 0.2) is 0 Å². The van der Waals surface area contributed by atoms with E-state index < -0.39 is 6.10 Å². The highest BCUT2D eigenvalue weighted by atomic mass is 16.5. The quantitative estimate of drug-likeness (QED) is 0.584. The summed E-state index contributed by atoms with van der Waals surface area (Å²) in [5.41, 5.74) is 0. The van der Waals surface area contributed by atoms with Crippen molar-refractivity contribution in [2.45, 2.75) is 20.0 Å². The number of ether oxygens (including phenoxy) is 2. The average molecular weight is 190 g/mol. The van der Waals surface area contributed by atoms with Gasteiger partial charge in [-0.3, -0.25) is 4.79 Å². The molecule has 0 radical (unpaired) electrons. The van der Waals surface area contributed by atoms with Crippen LogP contribution < -0.4 is 0 Å². The Balaban J connectivity index is 3.50. The van der Waals surface area contributed by atoms with E-state index in [4.69, 9.17) is 9.47 Å². The van der Waals surface area contributed by atoms with Gasteiger partial charge in [0, 0.05) is 13.0 Å². The van der Waals surface area contributed by atoms with Crippen LogP contribution in [-0.2, 0) is 14.3 Å². The molecule has 0 aromatic rings. The summed E-state index contributed by atoms with van der Waals surface area (Å²) in [6.45, 7) is 4.28. The van der Waals surface area contributed by atoms with Crippen molar-refractivity contribution in [2.75, 3.05) is 26.9 Å². The van der Waals surface area contributed by atoms with Crippen molar-refractivity contribution >= 4 is 5.78 Å². The fourth-order valence-electron chi connectivity index (χ4n) is 0.762. The van der Waals surface area contributed by atoms with Crippen LogP contribution in [0.2, 0.25) is 0 Å². The number of aliphatic hydroxyl groups excluding tert-OH is 1. The standard InChI is InChI=1S/C9H18O4/c1-7(8(2)10)9(11)6-13-5-4-12-3/h7,9,11H,4-6H2,1-3H3. The van der Waals surface area contributed by atoms with Gasteiger partial charge in [0.2, 0.25) is 0 Å². The van der Waals surface area contributed by atoms with Gasteiger partial charge in [-0.1, -0.05) is 6.92 Å². The monoisotopic (exact) mass is 190 g/mol. The normalized spacial score (nSPS) is 15.4. The molecule has 0 aliphatic heterocycles. The third-order valence-electron chi connectivity index (χ3n) is 1.94. The number of carbonyl (C=O) groups excluding carboxylic acids is 1. The van der Waals surface area contributed by atoms with Crippen LogP contribution in [0.3, 0.4) is 0 Å². The molecule has 0 fully saturated rings. The van der Waals surface area contributed by atoms with E-state index >= 15 is 0 Å². The lowest BCUT2D eigenvalue weighted by molar-refractivity contribution is -0.125. The van der Waals surface area contributed by atoms with Crippen LogP contribution in [0.25, 0.3) is 0 Å². The molecule has 13 heavy (non-hydrogen) atoms. The summed E-state index contributed by atoms with van der Waals surface area (Å²) >= 11 is 0. The van der Waals surface area contributed by atoms with E-state index in [9.17, 15) is 9.90 Å². The number of ketones is 1. The maximum absolute atomic E-state index is 10.8. The number of methoxy groups -OCH3 is 1. The molecule has 0 bridgehead atoms. The van der Waals surface area contributed by atoms with Crippen LogP contribution >= 0.6 is 0 Å². The molecule has 0 heterocycles. The van der Waals surface area contributed by atoms with Gasteiger partial charge in [0.25, 0.3) is 0 Å². The van der Waals surface area contributed by atoms with Gasteiger partial charge in [0.15, 0.2) is 0 Å². The van der Waals surface area contributed by atoms with Crippen molar-refractivity contribution in [1.29, 1.82) is 0 Å². The number of hydrogen-bond donors (Lipinski definition) is 1. The minimum Gasteiger partial charge on any atom is -0.390 e. The van der Waals surface area contributed by atoms with E-state index in [2.05, 4.69) is 0 Å². The molecule has 0 aliphatic rings. The SMILES string of the molecule is COCCOCC(O)C(C)C(C)=O. The predicted octanol–water partition coefficient (Wildman–Crippen LogP) is 0.235. The molecule has 0 saturated heterocycles. The lowest BCUT2D eigenvalue weighted by Gasteiger charge is -2.15. The van der Waals surface area contributed by atoms with E-state index in [1.54, 1.807) is 14.0 Å². The maximum Gasteiger partial charge on any atom is 0.135 e. The van der Waals surface area contributed by atoms with Crippen molar-refractivity contribution in [1.82, 2.24) is 0 Å². The molecule has 4 heteroatoms. The number of hydrogen-bond acceptors (Lipinski definition) is 4. The first kappa shape index (κ1) is 12.6. The topological polar surface area (TPSA) is 55.8 Å². The molecule has 0 aromatic heterocycles. The molecule has 4 nitrogen and oxygen atoms in total. The molecule has 0 amide bonds. The minimum atomic E-state index is -0.714. The number of aliphatic hydroxyl groups is 1. The highest BCUT2D eigenvalue weighted by Gasteiger charge is 2.18. The van der Waals surface area contributed by atoms with Crippen molar-refractivity contribution in [3.05, 3.63) is 0 Å². The zero-order chi connectivity index (χ0) is 10.3. The number of carbonyl (C=O) groups is 1. The van der Waals surface area contributed by atoms with Gasteiger partial charge >= 0.3 is 0 Å². The fourth-order valence-corrected chi connectivity index (χ4v) is 0.762. The first-order valence-electron chi connectivity index (χ1n) is 4.34. The molecular formula is C9H18O4. The third-order valence-corrected chi connectivity index (χ3v) is 1.94. The predicted molar refractivity (Wildman–Crippen MR) is 48.5 cm³/mol. The molecule has 1 N–H and O–H groups in total. The third kappa shape index (κ3) is 5.74. The molecule has 0 saturated carbocycles. The van der Waals surface area contributed by atoms with Crippen molar-refractivity contribution in [3.8, 4) is 0 Å². The van der Waals surface area contributed by atoms with Gasteiger partial charge in [-0.05, 0) is 6.92 Å². The molecular weight excluding hydrogens is 172 g/mol. The van der Waals surface area contributed by atoms with Crippen LogP contribution in [0, 0.1) is 5.92 Å². The Kier molecular flexibility index (Phi) is 6.76. The van der Waals surface area contributed by atoms with Crippen molar-refractivity contribution < 1.29 is 19.4 Å². The molecule has 0 aliphatic carbocycles. The summed E-state index contributed by atoms with van der Waals surface area (Å²) in [6.07, 6.45) is -0.714. The van der Waals surface area contributed by atoms with E-state index in [0.29, 0.717) is 13.2 Å². The van der Waals surface area contributed by atoms with Gasteiger partial charge in [0.05, 0.1) is 25.9 Å². The summed E-state index contributed by atoms with van der Waals surface area (Å²) in [7, 11) is 1.58. The van der Waals surface area contributed by atoms with E-state index in [0.717, 1.165) is 0 Å². The largest absolute Gasteiger partial charge is 0.390 e. The molecule has 2 unspecified atom stereocenters. The van der Waals surface area contributed by atoms with Gasteiger partial charge in [-0.15, -0.1) is 0 Å². The Bertz CT molecular complexity index is 147. The number of rotatable bonds is 7. The van der Waals surface area contributed by atoms with E-state index in [1.807, 2.05) is 0 Å². The molecule has 0 rings (SSSR count). The summed E-state index contributed by atoms with van der Waals surface area (Å²) in [6, 6.07) is 0. The first-order chi connectivity index (χ1) is 6.09. The smallest absolute Gasteiger partial charge is 0.135 e. The lowest BCUT2D eigenvalue weighted by atomic mass is 10.0. The molecule has 0 spiro atoms. The Morgan fingerprint density at radius 3 is 2.54 bits per heavy atom. The zero-order valence-electron chi connectivity index (χ0n) is 8.45. The second-order valence-corrected chi connectivity index (χ2v) is 3.03. The molecule has 0 aromatic carbocycles. The zero-order valence-corrected chi connectivity index (χ0v) is 8.45. The highest BCUT2D eigenvalue weighted by Crippen LogP contribution is 2.04. The summed E-state index contributed by atoms with van der Waals surface area (Å²) in [5.74, 6) is -0.384. The first-order valence-corrected chi connectivity index (χ1v) is 4.34. The molecule has 78 valence electrons. The van der Waals surface area contributed by atoms with Gasteiger partial charge in [0.1, 0.15) is 5.78 Å². The summed E-state index contributed by atoms with van der Waals surface area (Å²) < 4.78 is 9.84. The Hall–Kier alpha value is -0.450. The highest BCUT2D eigenvalue weighted by molar-refractivity contribution is 5.78. The summed E-state index contributed by atoms with van der Waals surface area (Å²) in [4.78, 5) is 10.8. The second kappa shape index (κ2) is 7.00. The molecule has 2 atom stereocenters. The minimum absolute atomic E-state index is 0.0251. The lowest BCUT2D eigenvalue weighted by Crippen LogP contribution is -2.28. The Morgan fingerprint density at radius 1 is 1.46 bits per heavy atom. The van der Waals surface area contributed by atoms with Crippen molar-refractivity contribution in [2.24, 2.45) is 5.92 Å². The van der Waals surface area contributed by atoms with Crippen LogP contribution in [0.4, 0.5) is 0 Å².